The minimum absolute atomic E-state index is 0.0254. The number of hydrogen-bond donors (Lipinski definition) is 2. The van der Waals surface area contributed by atoms with Crippen molar-refractivity contribution >= 4 is 17.3 Å². The van der Waals surface area contributed by atoms with Gasteiger partial charge in [-0.25, -0.2) is 0 Å². The summed E-state index contributed by atoms with van der Waals surface area (Å²) in [7, 11) is 0. The molecule has 0 saturated carbocycles. The molecule has 1 fully saturated rings. The van der Waals surface area contributed by atoms with E-state index >= 15 is 0 Å². The van der Waals surface area contributed by atoms with E-state index in [0.717, 1.165) is 44.1 Å². The summed E-state index contributed by atoms with van der Waals surface area (Å²) in [6.45, 7) is 18.0. The number of hydrogen-bond acceptors (Lipinski definition) is 7. The van der Waals surface area contributed by atoms with Gasteiger partial charge >= 0.3 is 0 Å². The van der Waals surface area contributed by atoms with Crippen LogP contribution in [-0.2, 0) is 9.47 Å². The largest absolute Gasteiger partial charge is 0.379 e. The molecule has 0 aromatic carbocycles. The van der Waals surface area contributed by atoms with Gasteiger partial charge in [0.15, 0.2) is 0 Å². The van der Waals surface area contributed by atoms with E-state index in [1.807, 2.05) is 20.0 Å². The van der Waals surface area contributed by atoms with E-state index in [2.05, 4.69) is 37.1 Å². The SMILES string of the molecule is C=CN(CC)/C(=C(/C)C(C)(OCO)[C@@H](C)SC=N)C(C)N1CCOCC1. The molecule has 1 heterocycles. The Kier molecular flexibility index (Phi) is 9.89. The maximum atomic E-state index is 9.52. The fourth-order valence-corrected chi connectivity index (χ4v) is 4.16. The Bertz CT molecular complexity index is 494. The molecule has 2 N–H and O–H groups in total. The van der Waals surface area contributed by atoms with Gasteiger partial charge in [0, 0.05) is 36.6 Å². The fraction of sp³-hybridized carbons (Fsp3) is 0.737. The Morgan fingerprint density at radius 3 is 2.54 bits per heavy atom. The summed E-state index contributed by atoms with van der Waals surface area (Å²) in [5.74, 6) is 0. The quantitative estimate of drug-likeness (QED) is 0.324. The monoisotopic (exact) mass is 385 g/mol. The normalized spacial score (nSPS) is 21.3. The van der Waals surface area contributed by atoms with Gasteiger partial charge in [-0.2, -0.15) is 0 Å². The second-order valence-electron chi connectivity index (χ2n) is 6.58. The number of nitrogens with one attached hydrogen (secondary N) is 1. The molecular weight excluding hydrogens is 350 g/mol. The van der Waals surface area contributed by atoms with Crippen molar-refractivity contribution in [3.63, 3.8) is 0 Å². The van der Waals surface area contributed by atoms with Crippen LogP contribution in [0.2, 0.25) is 0 Å². The van der Waals surface area contributed by atoms with Crippen LogP contribution in [-0.4, -0.2) is 77.0 Å². The molecule has 1 aliphatic heterocycles. The topological polar surface area (TPSA) is 69.0 Å². The first-order valence-electron chi connectivity index (χ1n) is 9.18. The van der Waals surface area contributed by atoms with Crippen molar-refractivity contribution in [2.24, 2.45) is 0 Å². The maximum Gasteiger partial charge on any atom is 0.144 e. The van der Waals surface area contributed by atoms with Gasteiger partial charge in [0.05, 0.1) is 18.8 Å². The molecule has 1 saturated heterocycles. The molecule has 150 valence electrons. The van der Waals surface area contributed by atoms with Crippen LogP contribution in [0.5, 0.6) is 0 Å². The van der Waals surface area contributed by atoms with Crippen LogP contribution < -0.4 is 0 Å². The first-order chi connectivity index (χ1) is 12.4. The predicted molar refractivity (Wildman–Crippen MR) is 110 cm³/mol. The standard InChI is InChI=1S/C19H35N3O3S/c1-7-21(8-2)18(16(4)22-9-11-24-12-10-22)15(3)19(6,25-14-23)17(5)26-13-20/h7,13,16-17,20,23H,1,8-12,14H2,2-6H3/b18-15-,20-13?/t16?,17-,19?/m1/s1. The molecule has 1 aliphatic rings. The van der Waals surface area contributed by atoms with Crippen molar-refractivity contribution in [1.29, 1.82) is 5.41 Å². The number of ether oxygens (including phenoxy) is 2. The average Bonchev–Trinajstić information content (AvgIpc) is 2.66. The third-order valence-corrected chi connectivity index (χ3v) is 6.39. The van der Waals surface area contributed by atoms with Crippen LogP contribution in [0, 0.1) is 5.41 Å². The van der Waals surface area contributed by atoms with Crippen molar-refractivity contribution in [2.75, 3.05) is 39.6 Å². The lowest BCUT2D eigenvalue weighted by atomic mass is 9.89. The van der Waals surface area contributed by atoms with Gasteiger partial charge in [0.25, 0.3) is 0 Å². The Labute approximate surface area is 162 Å². The predicted octanol–water partition coefficient (Wildman–Crippen LogP) is 2.90. The summed E-state index contributed by atoms with van der Waals surface area (Å²) in [4.78, 5) is 4.55. The van der Waals surface area contributed by atoms with Crippen molar-refractivity contribution in [3.8, 4) is 0 Å². The van der Waals surface area contributed by atoms with E-state index in [-0.39, 0.29) is 18.1 Å². The third-order valence-electron chi connectivity index (χ3n) is 5.40. The van der Waals surface area contributed by atoms with Crippen LogP contribution in [0.25, 0.3) is 0 Å². The smallest absolute Gasteiger partial charge is 0.144 e. The van der Waals surface area contributed by atoms with Crippen molar-refractivity contribution in [1.82, 2.24) is 9.80 Å². The number of rotatable bonds is 11. The highest BCUT2D eigenvalue weighted by Gasteiger charge is 2.38. The Morgan fingerprint density at radius 2 is 2.08 bits per heavy atom. The van der Waals surface area contributed by atoms with E-state index in [9.17, 15) is 5.11 Å². The van der Waals surface area contributed by atoms with E-state index in [1.54, 1.807) is 0 Å². The zero-order valence-corrected chi connectivity index (χ0v) is 17.6. The zero-order chi connectivity index (χ0) is 19.7. The first-order valence-corrected chi connectivity index (χ1v) is 10.1. The summed E-state index contributed by atoms with van der Waals surface area (Å²) >= 11 is 1.39. The zero-order valence-electron chi connectivity index (χ0n) is 16.8. The fourth-order valence-electron chi connectivity index (χ4n) is 3.46. The molecule has 1 rings (SSSR count). The lowest BCUT2D eigenvalue weighted by Gasteiger charge is -2.42. The number of aliphatic hydroxyl groups is 1. The molecule has 0 spiro atoms. The highest BCUT2D eigenvalue weighted by atomic mass is 32.2. The molecule has 6 nitrogen and oxygen atoms in total. The van der Waals surface area contributed by atoms with Gasteiger partial charge in [0.1, 0.15) is 12.4 Å². The van der Waals surface area contributed by atoms with Crippen LogP contribution in [0.15, 0.2) is 24.0 Å². The first kappa shape index (κ1) is 23.2. The number of aliphatic hydroxyl groups excluding tert-OH is 1. The Morgan fingerprint density at radius 1 is 1.46 bits per heavy atom. The van der Waals surface area contributed by atoms with Gasteiger partial charge in [-0.1, -0.05) is 6.58 Å². The molecule has 0 aromatic heterocycles. The van der Waals surface area contributed by atoms with Gasteiger partial charge in [-0.15, -0.1) is 11.8 Å². The second-order valence-corrected chi connectivity index (χ2v) is 7.79. The molecule has 0 bridgehead atoms. The highest BCUT2D eigenvalue weighted by Crippen LogP contribution is 2.36. The van der Waals surface area contributed by atoms with Gasteiger partial charge in [0.2, 0.25) is 0 Å². The summed E-state index contributed by atoms with van der Waals surface area (Å²) in [6, 6.07) is 0.163. The number of likely N-dealkylation sites (N-methyl/N-ethyl adjacent to an activating group) is 1. The number of thioether (sulfide) groups is 1. The molecule has 26 heavy (non-hydrogen) atoms. The summed E-state index contributed by atoms with van der Waals surface area (Å²) in [6.07, 6.45) is 1.85. The summed E-state index contributed by atoms with van der Waals surface area (Å²) in [5, 5.41) is 16.9. The number of morpholine rings is 1. The third kappa shape index (κ3) is 5.33. The Balaban J connectivity index is 3.41. The molecule has 0 amide bonds. The van der Waals surface area contributed by atoms with Gasteiger partial charge in [-0.3, -0.25) is 4.90 Å². The van der Waals surface area contributed by atoms with Crippen molar-refractivity contribution in [3.05, 3.63) is 24.0 Å². The minimum atomic E-state index is -0.705. The molecule has 3 atom stereocenters. The molecule has 0 aromatic rings. The van der Waals surface area contributed by atoms with Crippen molar-refractivity contribution in [2.45, 2.75) is 51.5 Å². The van der Waals surface area contributed by atoms with Crippen LogP contribution in [0.4, 0.5) is 0 Å². The lowest BCUT2D eigenvalue weighted by molar-refractivity contribution is -0.0878. The van der Waals surface area contributed by atoms with Gasteiger partial charge < -0.3 is 24.9 Å². The van der Waals surface area contributed by atoms with E-state index in [4.69, 9.17) is 14.9 Å². The average molecular weight is 386 g/mol. The van der Waals surface area contributed by atoms with E-state index < -0.39 is 5.60 Å². The number of nitrogens with zero attached hydrogens (tertiary/aromatic N) is 2. The molecule has 0 aliphatic carbocycles. The summed E-state index contributed by atoms with van der Waals surface area (Å²) in [5.41, 5.74) is 2.81. The molecule has 0 radical (unpaired) electrons. The van der Waals surface area contributed by atoms with Gasteiger partial charge in [-0.05, 0) is 46.4 Å². The minimum Gasteiger partial charge on any atom is -0.379 e. The maximum absolute atomic E-state index is 9.52. The van der Waals surface area contributed by atoms with E-state index in [0.29, 0.717) is 0 Å². The molecule has 7 heteroatoms. The van der Waals surface area contributed by atoms with Crippen LogP contribution >= 0.6 is 11.8 Å². The lowest BCUT2D eigenvalue weighted by Crippen LogP contribution is -2.48. The Hall–Kier alpha value is -0.860. The van der Waals surface area contributed by atoms with Crippen LogP contribution in [0.3, 0.4) is 0 Å². The summed E-state index contributed by atoms with van der Waals surface area (Å²) < 4.78 is 11.3. The molecular formula is C19H35N3O3S. The van der Waals surface area contributed by atoms with E-state index in [1.165, 1.54) is 17.3 Å². The molecule has 2 unspecified atom stereocenters. The van der Waals surface area contributed by atoms with Crippen LogP contribution in [0.1, 0.15) is 34.6 Å². The second kappa shape index (κ2) is 11.1. The van der Waals surface area contributed by atoms with Crippen molar-refractivity contribution < 1.29 is 14.6 Å². The highest BCUT2D eigenvalue weighted by molar-refractivity contribution is 8.12.